The molecule has 0 spiro atoms. The van der Waals surface area contributed by atoms with Gasteiger partial charge in [0.15, 0.2) is 0 Å². The number of aromatic nitrogens is 5. The van der Waals surface area contributed by atoms with Crippen LogP contribution in [0.3, 0.4) is 0 Å². The first kappa shape index (κ1) is 21.8. The first-order chi connectivity index (χ1) is 15.1. The summed E-state index contributed by atoms with van der Waals surface area (Å²) in [5.41, 5.74) is 2.56. The Morgan fingerprint density at radius 1 is 1.26 bits per heavy atom. The Balaban J connectivity index is 1.45. The first-order valence-corrected chi connectivity index (χ1v) is 12.0. The summed E-state index contributed by atoms with van der Waals surface area (Å²) in [5.74, 6) is 0.640. The number of nitriles is 1. The molecule has 1 atom stereocenters. The fraction of sp³-hybridized carbons (Fsp3) is 0.667. The number of rotatable bonds is 7. The average Bonchev–Trinajstić information content (AvgIpc) is 3.50. The lowest BCUT2D eigenvalue weighted by Gasteiger charge is -2.27. The summed E-state index contributed by atoms with van der Waals surface area (Å²) in [6.07, 6.45) is 7.95. The molecule has 3 heterocycles. The van der Waals surface area contributed by atoms with Crippen LogP contribution in [0.4, 0.5) is 5.82 Å². The Hall–Kier alpha value is -2.38. The summed E-state index contributed by atoms with van der Waals surface area (Å²) in [6, 6.07) is 2.63. The molecule has 1 saturated heterocycles. The highest BCUT2D eigenvalue weighted by molar-refractivity contribution is 7.99. The van der Waals surface area contributed by atoms with Crippen molar-refractivity contribution in [2.24, 2.45) is 0 Å². The van der Waals surface area contributed by atoms with Gasteiger partial charge in [0.2, 0.25) is 11.1 Å². The number of nitrogens with one attached hydrogen (secondary N) is 1. The van der Waals surface area contributed by atoms with Crippen molar-refractivity contribution < 1.29 is 9.53 Å². The van der Waals surface area contributed by atoms with Crippen LogP contribution in [0.5, 0.6) is 0 Å². The van der Waals surface area contributed by atoms with E-state index in [1.54, 1.807) is 4.68 Å². The number of thioether (sulfide) groups is 1. The van der Waals surface area contributed by atoms with E-state index in [0.29, 0.717) is 29.1 Å². The number of nitrogens with zero attached hydrogens (tertiary/aromatic N) is 6. The summed E-state index contributed by atoms with van der Waals surface area (Å²) in [7, 11) is 0. The molecule has 1 saturated carbocycles. The van der Waals surface area contributed by atoms with Crippen LogP contribution >= 0.6 is 11.8 Å². The van der Waals surface area contributed by atoms with Gasteiger partial charge >= 0.3 is 0 Å². The van der Waals surface area contributed by atoms with E-state index < -0.39 is 0 Å². The zero-order valence-electron chi connectivity index (χ0n) is 18.1. The van der Waals surface area contributed by atoms with Gasteiger partial charge in [-0.3, -0.25) is 4.79 Å². The minimum absolute atomic E-state index is 0.125. The van der Waals surface area contributed by atoms with Crippen LogP contribution in [0, 0.1) is 25.2 Å². The maximum atomic E-state index is 12.8. The number of anilines is 1. The fourth-order valence-corrected chi connectivity index (χ4v) is 5.26. The van der Waals surface area contributed by atoms with E-state index in [2.05, 4.69) is 31.5 Å². The Morgan fingerprint density at radius 2 is 2.06 bits per heavy atom. The molecule has 1 aliphatic carbocycles. The molecule has 2 aromatic heterocycles. The van der Waals surface area contributed by atoms with Crippen molar-refractivity contribution in [1.82, 2.24) is 24.8 Å². The SMILES string of the molecule is Cc1c(C#N)c(NC(=O)CSc2nnnn2C[C@H]2CCCO2)n(C2CCCCC2)c1C. The molecule has 0 radical (unpaired) electrons. The smallest absolute Gasteiger partial charge is 0.235 e. The molecule has 10 heteroatoms. The monoisotopic (exact) mass is 443 g/mol. The third kappa shape index (κ3) is 4.77. The molecule has 0 unspecified atom stereocenters. The number of hydrogen-bond acceptors (Lipinski definition) is 7. The lowest BCUT2D eigenvalue weighted by molar-refractivity contribution is -0.113. The van der Waals surface area contributed by atoms with E-state index in [9.17, 15) is 10.1 Å². The summed E-state index contributed by atoms with van der Waals surface area (Å²) < 4.78 is 9.54. The second-order valence-electron chi connectivity index (χ2n) is 8.32. The maximum Gasteiger partial charge on any atom is 0.235 e. The molecule has 1 N–H and O–H groups in total. The second-order valence-corrected chi connectivity index (χ2v) is 9.27. The number of hydrogen-bond donors (Lipinski definition) is 1. The van der Waals surface area contributed by atoms with Crippen LogP contribution < -0.4 is 5.32 Å². The Bertz CT molecular complexity index is 965. The van der Waals surface area contributed by atoms with E-state index in [0.717, 1.165) is 43.5 Å². The fourth-order valence-electron chi connectivity index (χ4n) is 4.58. The van der Waals surface area contributed by atoms with Gasteiger partial charge in [0.25, 0.3) is 0 Å². The zero-order valence-corrected chi connectivity index (χ0v) is 19.0. The number of carbonyl (C=O) groups excluding carboxylic acids is 1. The van der Waals surface area contributed by atoms with Crippen molar-refractivity contribution in [3.05, 3.63) is 16.8 Å². The average molecular weight is 444 g/mol. The van der Waals surface area contributed by atoms with Crippen LogP contribution in [0.15, 0.2) is 5.16 Å². The quantitative estimate of drug-likeness (QED) is 0.653. The van der Waals surface area contributed by atoms with Crippen molar-refractivity contribution in [3.8, 4) is 6.07 Å². The summed E-state index contributed by atoms with van der Waals surface area (Å²) in [6.45, 7) is 5.36. The van der Waals surface area contributed by atoms with Crippen molar-refractivity contribution in [2.75, 3.05) is 17.7 Å². The van der Waals surface area contributed by atoms with E-state index in [1.165, 1.54) is 31.0 Å². The third-order valence-corrected chi connectivity index (χ3v) is 7.26. The highest BCUT2D eigenvalue weighted by Gasteiger charge is 2.26. The second kappa shape index (κ2) is 9.83. The molecule has 0 aromatic carbocycles. The normalized spacial score (nSPS) is 19.5. The molecule has 1 amide bonds. The Labute approximate surface area is 186 Å². The largest absolute Gasteiger partial charge is 0.376 e. The lowest BCUT2D eigenvalue weighted by Crippen LogP contribution is -2.22. The van der Waals surface area contributed by atoms with E-state index >= 15 is 0 Å². The molecular weight excluding hydrogens is 414 g/mol. The van der Waals surface area contributed by atoms with Gasteiger partial charge in [0, 0.05) is 18.3 Å². The molecule has 166 valence electrons. The van der Waals surface area contributed by atoms with Crippen LogP contribution in [0.25, 0.3) is 0 Å². The molecule has 4 rings (SSSR count). The predicted octanol–water partition coefficient (Wildman–Crippen LogP) is 3.38. The molecule has 2 aliphatic rings. The highest BCUT2D eigenvalue weighted by Crippen LogP contribution is 2.36. The predicted molar refractivity (Wildman–Crippen MR) is 117 cm³/mol. The van der Waals surface area contributed by atoms with Crippen molar-refractivity contribution >= 4 is 23.5 Å². The molecule has 9 nitrogen and oxygen atoms in total. The molecular formula is C21H29N7O2S. The summed E-state index contributed by atoms with van der Waals surface area (Å²) in [5, 5.41) is 25.2. The van der Waals surface area contributed by atoms with Gasteiger partial charge in [-0.05, 0) is 55.5 Å². The van der Waals surface area contributed by atoms with Gasteiger partial charge in [-0.15, -0.1) is 5.10 Å². The molecule has 1 aliphatic heterocycles. The van der Waals surface area contributed by atoms with Gasteiger partial charge in [-0.25, -0.2) is 4.68 Å². The minimum Gasteiger partial charge on any atom is -0.376 e. The minimum atomic E-state index is -0.164. The zero-order chi connectivity index (χ0) is 21.8. The van der Waals surface area contributed by atoms with Crippen molar-refractivity contribution in [2.45, 2.75) is 82.6 Å². The molecule has 2 fully saturated rings. The van der Waals surface area contributed by atoms with Crippen LogP contribution in [0.2, 0.25) is 0 Å². The molecule has 2 aromatic rings. The molecule has 31 heavy (non-hydrogen) atoms. The van der Waals surface area contributed by atoms with Gasteiger partial charge < -0.3 is 14.6 Å². The van der Waals surface area contributed by atoms with E-state index in [-0.39, 0.29) is 17.8 Å². The maximum absolute atomic E-state index is 12.8. The topological polar surface area (TPSA) is 111 Å². The van der Waals surface area contributed by atoms with Crippen LogP contribution in [-0.4, -0.2) is 49.1 Å². The van der Waals surface area contributed by atoms with Crippen molar-refractivity contribution in [1.29, 1.82) is 5.26 Å². The van der Waals surface area contributed by atoms with E-state index in [1.807, 2.05) is 13.8 Å². The van der Waals surface area contributed by atoms with Crippen LogP contribution in [-0.2, 0) is 16.1 Å². The van der Waals surface area contributed by atoms with Crippen LogP contribution in [0.1, 0.15) is 67.8 Å². The van der Waals surface area contributed by atoms with Gasteiger partial charge in [-0.2, -0.15) is 5.26 Å². The van der Waals surface area contributed by atoms with Crippen molar-refractivity contribution in [3.63, 3.8) is 0 Å². The standard InChI is InChI=1S/C21H29N7O2S/c1-14-15(2)28(16-7-4-3-5-8-16)20(18(14)11-22)23-19(29)13-31-21-24-25-26-27(21)12-17-9-6-10-30-17/h16-17H,3-10,12-13H2,1-2H3,(H,23,29)/t17-/m1/s1. The highest BCUT2D eigenvalue weighted by atomic mass is 32.2. The molecule has 0 bridgehead atoms. The Morgan fingerprint density at radius 3 is 2.77 bits per heavy atom. The summed E-state index contributed by atoms with van der Waals surface area (Å²) in [4.78, 5) is 12.8. The number of amides is 1. The number of carbonyl (C=O) groups is 1. The van der Waals surface area contributed by atoms with E-state index in [4.69, 9.17) is 4.74 Å². The number of tetrazole rings is 1. The summed E-state index contributed by atoms with van der Waals surface area (Å²) >= 11 is 1.30. The Kier molecular flexibility index (Phi) is 6.92. The number of ether oxygens (including phenoxy) is 1. The first-order valence-electron chi connectivity index (χ1n) is 11.0. The van der Waals surface area contributed by atoms with Gasteiger partial charge in [0.05, 0.1) is 24.0 Å². The lowest BCUT2D eigenvalue weighted by atomic mass is 9.95. The van der Waals surface area contributed by atoms with Gasteiger partial charge in [0.1, 0.15) is 11.9 Å². The third-order valence-electron chi connectivity index (χ3n) is 6.30. The van der Waals surface area contributed by atoms with Gasteiger partial charge in [-0.1, -0.05) is 31.0 Å².